The van der Waals surface area contributed by atoms with Gasteiger partial charge in [0.25, 0.3) is 0 Å². The minimum atomic E-state index is -0.0646. The minimum Gasteiger partial charge on any atom is -0.399 e. The van der Waals surface area contributed by atoms with Gasteiger partial charge in [-0.15, -0.1) is 0 Å². The van der Waals surface area contributed by atoms with Gasteiger partial charge in [0.2, 0.25) is 0 Å². The van der Waals surface area contributed by atoms with E-state index in [9.17, 15) is 0 Å². The standard InChI is InChI=1S/C13H14N4/c14-11-5-1-9(2-6-11)10-3-7-12(8-4-10)17-13(15)16/h1-8H,14H2,(H4,15,16,17). The first-order chi connectivity index (χ1) is 8.15. The fourth-order valence-electron chi connectivity index (χ4n) is 1.58. The highest BCUT2D eigenvalue weighted by molar-refractivity contribution is 5.90. The fraction of sp³-hybridized carbons (Fsp3) is 0. The van der Waals surface area contributed by atoms with Crippen molar-refractivity contribution in [2.24, 2.45) is 5.73 Å². The molecule has 0 bridgehead atoms. The number of nitrogen functional groups attached to an aromatic ring is 1. The Morgan fingerprint density at radius 1 is 0.882 bits per heavy atom. The lowest BCUT2D eigenvalue weighted by Crippen LogP contribution is -2.20. The zero-order valence-corrected chi connectivity index (χ0v) is 9.27. The normalized spacial score (nSPS) is 9.88. The molecule has 0 radical (unpaired) electrons. The summed E-state index contributed by atoms with van der Waals surface area (Å²) in [6.07, 6.45) is 0. The van der Waals surface area contributed by atoms with E-state index in [0.29, 0.717) is 0 Å². The largest absolute Gasteiger partial charge is 0.399 e. The zero-order valence-electron chi connectivity index (χ0n) is 9.27. The average Bonchev–Trinajstić information content (AvgIpc) is 2.30. The van der Waals surface area contributed by atoms with E-state index in [1.807, 2.05) is 48.5 Å². The molecule has 4 heteroatoms. The molecular formula is C13H14N4. The third-order valence-electron chi connectivity index (χ3n) is 2.41. The Labute approximate surface area is 99.8 Å². The van der Waals surface area contributed by atoms with Crippen molar-refractivity contribution in [1.29, 1.82) is 5.41 Å². The SMILES string of the molecule is N=C(N)Nc1ccc(-c2ccc(N)cc2)cc1. The van der Waals surface area contributed by atoms with Crippen LogP contribution >= 0.6 is 0 Å². The Morgan fingerprint density at radius 3 is 1.82 bits per heavy atom. The minimum absolute atomic E-state index is 0.0646. The molecule has 0 unspecified atom stereocenters. The fourth-order valence-corrected chi connectivity index (χ4v) is 1.58. The van der Waals surface area contributed by atoms with E-state index in [2.05, 4.69) is 5.32 Å². The van der Waals surface area contributed by atoms with Gasteiger partial charge in [-0.2, -0.15) is 0 Å². The molecule has 0 saturated heterocycles. The van der Waals surface area contributed by atoms with Crippen LogP contribution in [0.4, 0.5) is 11.4 Å². The molecule has 0 amide bonds. The van der Waals surface area contributed by atoms with Crippen LogP contribution in [0.1, 0.15) is 0 Å². The maximum atomic E-state index is 7.13. The van der Waals surface area contributed by atoms with Crippen LogP contribution < -0.4 is 16.8 Å². The Balaban J connectivity index is 2.23. The number of guanidine groups is 1. The first-order valence-electron chi connectivity index (χ1n) is 5.22. The predicted octanol–water partition coefficient (Wildman–Crippen LogP) is 2.24. The van der Waals surface area contributed by atoms with E-state index in [0.717, 1.165) is 22.5 Å². The molecule has 6 N–H and O–H groups in total. The van der Waals surface area contributed by atoms with Crippen LogP contribution in [0.25, 0.3) is 11.1 Å². The molecule has 0 fully saturated rings. The number of nitrogens with two attached hydrogens (primary N) is 2. The molecule has 0 aliphatic carbocycles. The summed E-state index contributed by atoms with van der Waals surface area (Å²) in [5, 5.41) is 9.86. The summed E-state index contributed by atoms with van der Waals surface area (Å²) in [5.41, 5.74) is 14.6. The van der Waals surface area contributed by atoms with Crippen LogP contribution in [-0.4, -0.2) is 5.96 Å². The van der Waals surface area contributed by atoms with Crippen molar-refractivity contribution in [3.8, 4) is 11.1 Å². The van der Waals surface area contributed by atoms with Crippen molar-refractivity contribution in [3.05, 3.63) is 48.5 Å². The Bertz CT molecular complexity index is 514. The number of benzene rings is 2. The lowest BCUT2D eigenvalue weighted by atomic mass is 10.1. The average molecular weight is 226 g/mol. The summed E-state index contributed by atoms with van der Waals surface area (Å²) < 4.78 is 0. The quantitative estimate of drug-likeness (QED) is 0.360. The van der Waals surface area contributed by atoms with Crippen molar-refractivity contribution in [2.45, 2.75) is 0 Å². The molecule has 2 aromatic carbocycles. The second kappa shape index (κ2) is 4.57. The molecular weight excluding hydrogens is 212 g/mol. The number of hydrogen-bond donors (Lipinski definition) is 4. The summed E-state index contributed by atoms with van der Waals surface area (Å²) >= 11 is 0. The summed E-state index contributed by atoms with van der Waals surface area (Å²) in [5.74, 6) is -0.0646. The van der Waals surface area contributed by atoms with Crippen LogP contribution in [0.2, 0.25) is 0 Å². The van der Waals surface area contributed by atoms with Crippen LogP contribution in [0.15, 0.2) is 48.5 Å². The Hall–Kier alpha value is -2.49. The van der Waals surface area contributed by atoms with Gasteiger partial charge in [0.05, 0.1) is 0 Å². The molecule has 4 nitrogen and oxygen atoms in total. The van der Waals surface area contributed by atoms with Gasteiger partial charge in [-0.3, -0.25) is 5.41 Å². The first-order valence-corrected chi connectivity index (χ1v) is 5.22. The lowest BCUT2D eigenvalue weighted by Gasteiger charge is -2.06. The number of anilines is 2. The van der Waals surface area contributed by atoms with E-state index >= 15 is 0 Å². The van der Waals surface area contributed by atoms with Crippen LogP contribution in [-0.2, 0) is 0 Å². The third kappa shape index (κ3) is 2.75. The second-order valence-electron chi connectivity index (χ2n) is 3.74. The number of hydrogen-bond acceptors (Lipinski definition) is 2. The maximum Gasteiger partial charge on any atom is 0.190 e. The lowest BCUT2D eigenvalue weighted by molar-refractivity contribution is 1.41. The highest BCUT2D eigenvalue weighted by atomic mass is 15.0. The highest BCUT2D eigenvalue weighted by Gasteiger charge is 1.98. The molecule has 0 spiro atoms. The van der Waals surface area contributed by atoms with Gasteiger partial charge in [0.15, 0.2) is 5.96 Å². The molecule has 0 atom stereocenters. The summed E-state index contributed by atoms with van der Waals surface area (Å²) in [7, 11) is 0. The second-order valence-corrected chi connectivity index (χ2v) is 3.74. The van der Waals surface area contributed by atoms with E-state index in [4.69, 9.17) is 16.9 Å². The predicted molar refractivity (Wildman–Crippen MR) is 71.8 cm³/mol. The van der Waals surface area contributed by atoms with Crippen LogP contribution in [0.5, 0.6) is 0 Å². The van der Waals surface area contributed by atoms with Crippen LogP contribution in [0, 0.1) is 5.41 Å². The Morgan fingerprint density at radius 2 is 1.35 bits per heavy atom. The van der Waals surface area contributed by atoms with Gasteiger partial charge in [0.1, 0.15) is 0 Å². The summed E-state index contributed by atoms with van der Waals surface area (Å²) in [6.45, 7) is 0. The van der Waals surface area contributed by atoms with Gasteiger partial charge in [-0.25, -0.2) is 0 Å². The van der Waals surface area contributed by atoms with Crippen molar-refractivity contribution in [3.63, 3.8) is 0 Å². The van der Waals surface area contributed by atoms with Gasteiger partial charge >= 0.3 is 0 Å². The van der Waals surface area contributed by atoms with E-state index in [1.54, 1.807) is 0 Å². The molecule has 0 aromatic heterocycles. The van der Waals surface area contributed by atoms with Gasteiger partial charge in [-0.1, -0.05) is 24.3 Å². The topological polar surface area (TPSA) is 87.9 Å². The van der Waals surface area contributed by atoms with Gasteiger partial charge in [0, 0.05) is 11.4 Å². The number of rotatable bonds is 2. The van der Waals surface area contributed by atoms with Gasteiger partial charge in [-0.05, 0) is 35.4 Å². The molecule has 0 saturated carbocycles. The number of nitrogens with one attached hydrogen (secondary N) is 2. The van der Waals surface area contributed by atoms with Crippen LogP contribution in [0.3, 0.4) is 0 Å². The monoisotopic (exact) mass is 226 g/mol. The third-order valence-corrected chi connectivity index (χ3v) is 2.41. The van der Waals surface area contributed by atoms with E-state index < -0.39 is 0 Å². The highest BCUT2D eigenvalue weighted by Crippen LogP contribution is 2.22. The Kier molecular flexibility index (Phi) is 2.96. The van der Waals surface area contributed by atoms with E-state index in [1.165, 1.54) is 0 Å². The van der Waals surface area contributed by atoms with Crippen molar-refractivity contribution in [1.82, 2.24) is 0 Å². The molecule has 0 aliphatic heterocycles. The van der Waals surface area contributed by atoms with Crippen molar-refractivity contribution < 1.29 is 0 Å². The molecule has 0 aliphatic rings. The molecule has 0 heterocycles. The molecule has 17 heavy (non-hydrogen) atoms. The summed E-state index contributed by atoms with van der Waals surface area (Å²) in [4.78, 5) is 0. The van der Waals surface area contributed by atoms with Gasteiger partial charge < -0.3 is 16.8 Å². The summed E-state index contributed by atoms with van der Waals surface area (Å²) in [6, 6.07) is 15.4. The molecule has 86 valence electrons. The molecule has 2 rings (SSSR count). The van der Waals surface area contributed by atoms with E-state index in [-0.39, 0.29) is 5.96 Å². The maximum absolute atomic E-state index is 7.13. The zero-order chi connectivity index (χ0) is 12.3. The van der Waals surface area contributed by atoms with Crippen molar-refractivity contribution in [2.75, 3.05) is 11.1 Å². The molecule has 2 aromatic rings. The smallest absolute Gasteiger partial charge is 0.190 e. The van der Waals surface area contributed by atoms with Crippen molar-refractivity contribution >= 4 is 17.3 Å². The first kappa shape index (κ1) is 11.0.